The zero-order chi connectivity index (χ0) is 13.1. The van der Waals surface area contributed by atoms with E-state index in [4.69, 9.17) is 5.73 Å². The SMILES string of the molecule is CC(C)c1c(N)ncnc1NCc1nncn1C. The Balaban J connectivity index is 2.19. The van der Waals surface area contributed by atoms with Crippen LogP contribution in [0.5, 0.6) is 0 Å². The number of aryl methyl sites for hydroxylation is 1. The van der Waals surface area contributed by atoms with Gasteiger partial charge in [0.2, 0.25) is 0 Å². The first-order chi connectivity index (χ1) is 8.59. The van der Waals surface area contributed by atoms with Crippen molar-refractivity contribution < 1.29 is 0 Å². The lowest BCUT2D eigenvalue weighted by atomic mass is 10.0. The van der Waals surface area contributed by atoms with Gasteiger partial charge in [-0.1, -0.05) is 13.8 Å². The zero-order valence-corrected chi connectivity index (χ0v) is 10.8. The van der Waals surface area contributed by atoms with Crippen LogP contribution in [0, 0.1) is 0 Å². The van der Waals surface area contributed by atoms with Gasteiger partial charge in [-0.05, 0) is 5.92 Å². The lowest BCUT2D eigenvalue weighted by molar-refractivity contribution is 0.801. The van der Waals surface area contributed by atoms with Crippen molar-refractivity contribution in [3.63, 3.8) is 0 Å². The molecule has 96 valence electrons. The zero-order valence-electron chi connectivity index (χ0n) is 10.8. The van der Waals surface area contributed by atoms with Crippen molar-refractivity contribution in [1.82, 2.24) is 24.7 Å². The Labute approximate surface area is 105 Å². The van der Waals surface area contributed by atoms with E-state index in [1.807, 2.05) is 11.6 Å². The summed E-state index contributed by atoms with van der Waals surface area (Å²) >= 11 is 0. The molecule has 0 unspecified atom stereocenters. The number of hydrogen-bond donors (Lipinski definition) is 2. The first-order valence-corrected chi connectivity index (χ1v) is 5.76. The first-order valence-electron chi connectivity index (χ1n) is 5.76. The second kappa shape index (κ2) is 4.99. The molecule has 0 spiro atoms. The Morgan fingerprint density at radius 3 is 2.78 bits per heavy atom. The van der Waals surface area contributed by atoms with Gasteiger partial charge in [-0.2, -0.15) is 0 Å². The highest BCUT2D eigenvalue weighted by atomic mass is 15.3. The van der Waals surface area contributed by atoms with Gasteiger partial charge in [0.05, 0.1) is 6.54 Å². The van der Waals surface area contributed by atoms with Crippen LogP contribution in [0.15, 0.2) is 12.7 Å². The van der Waals surface area contributed by atoms with Gasteiger partial charge in [0.1, 0.15) is 24.3 Å². The number of anilines is 2. The lowest BCUT2D eigenvalue weighted by Crippen LogP contribution is -2.11. The highest BCUT2D eigenvalue weighted by molar-refractivity contribution is 5.56. The minimum absolute atomic E-state index is 0.258. The number of hydrogen-bond acceptors (Lipinski definition) is 6. The molecule has 7 heteroatoms. The molecule has 2 aromatic heterocycles. The molecule has 7 nitrogen and oxygen atoms in total. The van der Waals surface area contributed by atoms with E-state index in [2.05, 4.69) is 39.3 Å². The van der Waals surface area contributed by atoms with Crippen LogP contribution in [0.4, 0.5) is 11.6 Å². The number of nitrogens with one attached hydrogen (secondary N) is 1. The summed E-state index contributed by atoms with van der Waals surface area (Å²) in [6.45, 7) is 4.66. The molecule has 0 aliphatic rings. The minimum atomic E-state index is 0.258. The molecule has 0 radical (unpaired) electrons. The predicted octanol–water partition coefficient (Wildman–Crippen LogP) is 0.923. The number of nitrogen functional groups attached to an aromatic ring is 1. The molecule has 0 saturated carbocycles. The second-order valence-corrected chi connectivity index (χ2v) is 4.39. The van der Waals surface area contributed by atoms with E-state index < -0.39 is 0 Å². The van der Waals surface area contributed by atoms with Crippen molar-refractivity contribution in [3.05, 3.63) is 24.0 Å². The summed E-state index contributed by atoms with van der Waals surface area (Å²) < 4.78 is 1.85. The van der Waals surface area contributed by atoms with Crippen LogP contribution in [-0.2, 0) is 13.6 Å². The third kappa shape index (κ3) is 2.39. The largest absolute Gasteiger partial charge is 0.383 e. The Kier molecular flexibility index (Phi) is 3.40. The fourth-order valence-electron chi connectivity index (χ4n) is 1.75. The van der Waals surface area contributed by atoms with Crippen LogP contribution in [0.1, 0.15) is 31.2 Å². The van der Waals surface area contributed by atoms with Gasteiger partial charge in [-0.25, -0.2) is 9.97 Å². The van der Waals surface area contributed by atoms with Crippen LogP contribution in [0.25, 0.3) is 0 Å². The Hall–Kier alpha value is -2.18. The maximum Gasteiger partial charge on any atom is 0.151 e. The van der Waals surface area contributed by atoms with Gasteiger partial charge in [0, 0.05) is 12.6 Å². The Bertz CT molecular complexity index is 532. The van der Waals surface area contributed by atoms with Crippen LogP contribution in [0.3, 0.4) is 0 Å². The smallest absolute Gasteiger partial charge is 0.151 e. The number of rotatable bonds is 4. The fraction of sp³-hybridized carbons (Fsp3) is 0.455. The minimum Gasteiger partial charge on any atom is -0.383 e. The van der Waals surface area contributed by atoms with E-state index in [1.54, 1.807) is 6.33 Å². The summed E-state index contributed by atoms with van der Waals surface area (Å²) in [7, 11) is 1.90. The lowest BCUT2D eigenvalue weighted by Gasteiger charge is -2.14. The summed E-state index contributed by atoms with van der Waals surface area (Å²) in [5.41, 5.74) is 6.81. The van der Waals surface area contributed by atoms with Gasteiger partial charge in [-0.3, -0.25) is 0 Å². The van der Waals surface area contributed by atoms with Crippen LogP contribution in [-0.4, -0.2) is 24.7 Å². The van der Waals surface area contributed by atoms with Gasteiger partial charge in [0.15, 0.2) is 5.82 Å². The van der Waals surface area contributed by atoms with Crippen LogP contribution in [0.2, 0.25) is 0 Å². The molecule has 3 N–H and O–H groups in total. The quantitative estimate of drug-likeness (QED) is 0.834. The molecule has 0 amide bonds. The Morgan fingerprint density at radius 1 is 1.39 bits per heavy atom. The average molecular weight is 247 g/mol. The molecular formula is C11H17N7. The molecule has 0 fully saturated rings. The predicted molar refractivity (Wildman–Crippen MR) is 68.9 cm³/mol. The monoisotopic (exact) mass is 247 g/mol. The van der Waals surface area contributed by atoms with E-state index in [9.17, 15) is 0 Å². The molecule has 0 aromatic carbocycles. The van der Waals surface area contributed by atoms with Crippen molar-refractivity contribution >= 4 is 11.6 Å². The topological polar surface area (TPSA) is 94.5 Å². The van der Waals surface area contributed by atoms with E-state index in [1.165, 1.54) is 6.33 Å². The summed E-state index contributed by atoms with van der Waals surface area (Å²) in [4.78, 5) is 8.25. The van der Waals surface area contributed by atoms with E-state index in [0.717, 1.165) is 17.2 Å². The molecule has 2 heterocycles. The Morgan fingerprint density at radius 2 is 2.17 bits per heavy atom. The summed E-state index contributed by atoms with van der Waals surface area (Å²) in [6, 6.07) is 0. The van der Waals surface area contributed by atoms with Crippen molar-refractivity contribution in [2.45, 2.75) is 26.3 Å². The third-order valence-corrected chi connectivity index (χ3v) is 2.71. The number of aromatic nitrogens is 5. The standard InChI is InChI=1S/C11H17N7/c1-7(2)9-10(12)14-5-15-11(9)13-4-8-17-16-6-18(8)3/h5-7H,4H2,1-3H3,(H3,12,13,14,15). The van der Waals surface area contributed by atoms with E-state index in [-0.39, 0.29) is 5.92 Å². The molecular weight excluding hydrogens is 230 g/mol. The van der Waals surface area contributed by atoms with Crippen molar-refractivity contribution in [1.29, 1.82) is 0 Å². The number of nitrogens with two attached hydrogens (primary N) is 1. The van der Waals surface area contributed by atoms with Crippen LogP contribution >= 0.6 is 0 Å². The highest BCUT2D eigenvalue weighted by Crippen LogP contribution is 2.26. The van der Waals surface area contributed by atoms with Crippen LogP contribution < -0.4 is 11.1 Å². The molecule has 0 atom stereocenters. The normalized spacial score (nSPS) is 10.9. The second-order valence-electron chi connectivity index (χ2n) is 4.39. The summed E-state index contributed by atoms with van der Waals surface area (Å²) in [5, 5.41) is 11.1. The summed E-state index contributed by atoms with van der Waals surface area (Å²) in [6.07, 6.45) is 3.12. The summed E-state index contributed by atoms with van der Waals surface area (Å²) in [5.74, 6) is 2.36. The highest BCUT2D eigenvalue weighted by Gasteiger charge is 2.13. The van der Waals surface area contributed by atoms with Crippen molar-refractivity contribution in [2.24, 2.45) is 7.05 Å². The van der Waals surface area contributed by atoms with Crippen molar-refractivity contribution in [3.8, 4) is 0 Å². The molecule has 2 rings (SSSR count). The maximum absolute atomic E-state index is 5.88. The van der Waals surface area contributed by atoms with Gasteiger partial charge < -0.3 is 15.6 Å². The fourth-order valence-corrected chi connectivity index (χ4v) is 1.75. The molecule has 0 bridgehead atoms. The molecule has 0 aliphatic heterocycles. The third-order valence-electron chi connectivity index (χ3n) is 2.71. The number of nitrogens with zero attached hydrogens (tertiary/aromatic N) is 5. The maximum atomic E-state index is 5.88. The average Bonchev–Trinajstić information content (AvgIpc) is 2.71. The van der Waals surface area contributed by atoms with Gasteiger partial charge in [-0.15, -0.1) is 10.2 Å². The van der Waals surface area contributed by atoms with E-state index >= 15 is 0 Å². The van der Waals surface area contributed by atoms with Crippen molar-refractivity contribution in [2.75, 3.05) is 11.1 Å². The first kappa shape index (κ1) is 12.3. The van der Waals surface area contributed by atoms with Gasteiger partial charge in [0.25, 0.3) is 0 Å². The van der Waals surface area contributed by atoms with E-state index in [0.29, 0.717) is 12.4 Å². The molecule has 0 saturated heterocycles. The van der Waals surface area contributed by atoms with Gasteiger partial charge >= 0.3 is 0 Å². The molecule has 0 aliphatic carbocycles. The molecule has 18 heavy (non-hydrogen) atoms. The molecule has 2 aromatic rings.